The van der Waals surface area contributed by atoms with Crippen molar-refractivity contribution in [2.45, 2.75) is 6.42 Å². The van der Waals surface area contributed by atoms with Crippen LogP contribution in [0.5, 0.6) is 0 Å². The number of hydrogen-bond acceptors (Lipinski definition) is 3. The van der Waals surface area contributed by atoms with Gasteiger partial charge in [-0.15, -0.1) is 0 Å². The third kappa shape index (κ3) is 4.48. The van der Waals surface area contributed by atoms with Crippen LogP contribution in [0.3, 0.4) is 0 Å². The van der Waals surface area contributed by atoms with Gasteiger partial charge in [0.05, 0.1) is 5.75 Å². The molecule has 94 valence electrons. The van der Waals surface area contributed by atoms with Crippen LogP contribution in [0.15, 0.2) is 18.2 Å². The Kier molecular flexibility index (Phi) is 4.17. The second kappa shape index (κ2) is 5.22. The van der Waals surface area contributed by atoms with Gasteiger partial charge in [0.15, 0.2) is 9.84 Å². The Labute approximate surface area is 96.8 Å². The molecule has 0 unspecified atom stereocenters. The van der Waals surface area contributed by atoms with Crippen LogP contribution in [0, 0.1) is 11.6 Å². The van der Waals surface area contributed by atoms with Crippen molar-refractivity contribution in [1.29, 1.82) is 0 Å². The molecule has 0 saturated heterocycles. The van der Waals surface area contributed by atoms with E-state index < -0.39 is 38.9 Å². The number of sulfone groups is 1. The van der Waals surface area contributed by atoms with E-state index in [0.29, 0.717) is 0 Å². The molecule has 0 fully saturated rings. The molecule has 1 rings (SSSR count). The maximum Gasteiger partial charge on any atom is 0.318 e. The molecule has 0 aliphatic carbocycles. The van der Waals surface area contributed by atoms with Crippen molar-refractivity contribution in [3.8, 4) is 0 Å². The van der Waals surface area contributed by atoms with E-state index in [1.54, 1.807) is 0 Å². The smallest absolute Gasteiger partial charge is 0.318 e. The van der Waals surface area contributed by atoms with Crippen LogP contribution in [0.2, 0.25) is 0 Å². The van der Waals surface area contributed by atoms with Crippen LogP contribution in [-0.2, 0) is 21.1 Å². The normalized spacial score (nSPS) is 11.4. The van der Waals surface area contributed by atoms with Gasteiger partial charge in [-0.25, -0.2) is 17.2 Å². The summed E-state index contributed by atoms with van der Waals surface area (Å²) >= 11 is 0. The quantitative estimate of drug-likeness (QED) is 0.861. The van der Waals surface area contributed by atoms with E-state index in [0.717, 1.165) is 18.2 Å². The van der Waals surface area contributed by atoms with Gasteiger partial charge in [-0.05, 0) is 30.2 Å². The number of carboxylic acid groups (broad SMARTS) is 1. The van der Waals surface area contributed by atoms with Gasteiger partial charge >= 0.3 is 5.97 Å². The molecule has 1 N–H and O–H groups in total. The fourth-order valence-corrected chi connectivity index (χ4v) is 2.31. The summed E-state index contributed by atoms with van der Waals surface area (Å²) in [4.78, 5) is 10.2. The summed E-state index contributed by atoms with van der Waals surface area (Å²) in [6.07, 6.45) is -0.251. The standard InChI is InChI=1S/C10H10F2O4S/c11-8-1-2-9(12)7(5-8)3-4-17(15,16)6-10(13)14/h1-2,5H,3-4,6H2,(H,13,14). The minimum absolute atomic E-state index is 0.0843. The lowest BCUT2D eigenvalue weighted by Crippen LogP contribution is -2.19. The molecular formula is C10H10F2O4S. The summed E-state index contributed by atoms with van der Waals surface area (Å²) in [5, 5.41) is 8.33. The van der Waals surface area contributed by atoms with Crippen LogP contribution in [0.4, 0.5) is 8.78 Å². The maximum absolute atomic E-state index is 13.1. The van der Waals surface area contributed by atoms with Gasteiger partial charge < -0.3 is 5.11 Å². The summed E-state index contributed by atoms with van der Waals surface area (Å²) in [7, 11) is -3.80. The molecule has 0 amide bonds. The minimum atomic E-state index is -3.80. The average molecular weight is 264 g/mol. The van der Waals surface area contributed by atoms with Gasteiger partial charge in [0, 0.05) is 0 Å². The third-order valence-corrected chi connectivity index (χ3v) is 3.55. The first-order valence-corrected chi connectivity index (χ1v) is 6.48. The number of benzene rings is 1. The molecule has 0 radical (unpaired) electrons. The largest absolute Gasteiger partial charge is 0.480 e. The Bertz CT molecular complexity index is 525. The Morgan fingerprint density at radius 3 is 2.53 bits per heavy atom. The highest BCUT2D eigenvalue weighted by Gasteiger charge is 2.16. The van der Waals surface area contributed by atoms with Gasteiger partial charge in [-0.1, -0.05) is 0 Å². The molecule has 1 aromatic carbocycles. The maximum atomic E-state index is 13.1. The molecule has 0 aliphatic heterocycles. The SMILES string of the molecule is O=C(O)CS(=O)(=O)CCc1cc(F)ccc1F. The molecular weight excluding hydrogens is 254 g/mol. The van der Waals surface area contributed by atoms with Gasteiger partial charge in [0.1, 0.15) is 17.4 Å². The van der Waals surface area contributed by atoms with Crippen molar-refractivity contribution < 1.29 is 27.1 Å². The Morgan fingerprint density at radius 2 is 1.94 bits per heavy atom. The van der Waals surface area contributed by atoms with Gasteiger partial charge in [-0.3, -0.25) is 4.79 Å². The summed E-state index contributed by atoms with van der Waals surface area (Å²) in [5.74, 6) is -4.39. The van der Waals surface area contributed by atoms with Crippen molar-refractivity contribution >= 4 is 15.8 Å². The Hall–Kier alpha value is -1.50. The van der Waals surface area contributed by atoms with Gasteiger partial charge in [-0.2, -0.15) is 0 Å². The molecule has 0 aliphatic rings. The molecule has 0 bridgehead atoms. The van der Waals surface area contributed by atoms with E-state index in [9.17, 15) is 22.0 Å². The lowest BCUT2D eigenvalue weighted by molar-refractivity contribution is -0.134. The van der Waals surface area contributed by atoms with Gasteiger partial charge in [0.2, 0.25) is 0 Å². The van der Waals surface area contributed by atoms with E-state index in [1.807, 2.05) is 0 Å². The molecule has 0 heterocycles. The first-order chi connectivity index (χ1) is 7.80. The molecule has 0 spiro atoms. The topological polar surface area (TPSA) is 71.4 Å². The summed E-state index contributed by atoms with van der Waals surface area (Å²) in [6, 6.07) is 2.71. The molecule has 17 heavy (non-hydrogen) atoms. The van der Waals surface area contributed by atoms with E-state index in [4.69, 9.17) is 5.11 Å². The van der Waals surface area contributed by atoms with E-state index in [1.165, 1.54) is 0 Å². The number of carbonyl (C=O) groups is 1. The minimum Gasteiger partial charge on any atom is -0.480 e. The number of carboxylic acids is 1. The van der Waals surface area contributed by atoms with Crippen molar-refractivity contribution in [3.05, 3.63) is 35.4 Å². The first-order valence-electron chi connectivity index (χ1n) is 4.66. The van der Waals surface area contributed by atoms with Gasteiger partial charge in [0.25, 0.3) is 0 Å². The number of halogens is 2. The molecule has 0 aromatic heterocycles. The summed E-state index contributed by atoms with van der Waals surface area (Å²) in [5.41, 5.74) is -0.0843. The van der Waals surface area contributed by atoms with E-state index in [-0.39, 0.29) is 12.0 Å². The zero-order valence-corrected chi connectivity index (χ0v) is 9.51. The molecule has 4 nitrogen and oxygen atoms in total. The van der Waals surface area contributed by atoms with Crippen LogP contribution >= 0.6 is 0 Å². The second-order valence-corrected chi connectivity index (χ2v) is 5.66. The fourth-order valence-electron chi connectivity index (χ4n) is 1.26. The number of hydrogen-bond donors (Lipinski definition) is 1. The average Bonchev–Trinajstić information content (AvgIpc) is 2.17. The predicted molar refractivity (Wildman–Crippen MR) is 56.4 cm³/mol. The molecule has 0 saturated carbocycles. The lowest BCUT2D eigenvalue weighted by atomic mass is 10.1. The van der Waals surface area contributed by atoms with Crippen LogP contribution in [-0.4, -0.2) is 31.0 Å². The van der Waals surface area contributed by atoms with Crippen molar-refractivity contribution in [3.63, 3.8) is 0 Å². The van der Waals surface area contributed by atoms with E-state index in [2.05, 4.69) is 0 Å². The van der Waals surface area contributed by atoms with Crippen LogP contribution in [0.25, 0.3) is 0 Å². The van der Waals surface area contributed by atoms with Crippen molar-refractivity contribution in [2.75, 3.05) is 11.5 Å². The van der Waals surface area contributed by atoms with Crippen LogP contribution in [0.1, 0.15) is 5.56 Å². The number of rotatable bonds is 5. The van der Waals surface area contributed by atoms with Crippen molar-refractivity contribution in [2.24, 2.45) is 0 Å². The highest BCUT2D eigenvalue weighted by atomic mass is 32.2. The summed E-state index contributed by atoms with van der Waals surface area (Å²) < 4.78 is 48.3. The van der Waals surface area contributed by atoms with E-state index >= 15 is 0 Å². The molecule has 1 aromatic rings. The highest BCUT2D eigenvalue weighted by Crippen LogP contribution is 2.11. The fraction of sp³-hybridized carbons (Fsp3) is 0.300. The van der Waals surface area contributed by atoms with Crippen molar-refractivity contribution in [1.82, 2.24) is 0 Å². The summed E-state index contributed by atoms with van der Waals surface area (Å²) in [6.45, 7) is 0. The Morgan fingerprint density at radius 1 is 1.29 bits per heavy atom. The number of aryl methyl sites for hydroxylation is 1. The number of aliphatic carboxylic acids is 1. The highest BCUT2D eigenvalue weighted by molar-refractivity contribution is 7.92. The second-order valence-electron chi connectivity index (χ2n) is 3.47. The predicted octanol–water partition coefficient (Wildman–Crippen LogP) is 1.01. The molecule has 0 atom stereocenters. The molecule has 7 heteroatoms. The zero-order chi connectivity index (χ0) is 13.1. The van der Waals surface area contributed by atoms with Crippen LogP contribution < -0.4 is 0 Å². The lowest BCUT2D eigenvalue weighted by Gasteiger charge is -2.03. The first kappa shape index (κ1) is 13.6. The Balaban J connectivity index is 2.74. The monoisotopic (exact) mass is 264 g/mol. The third-order valence-electron chi connectivity index (χ3n) is 2.03. The zero-order valence-electron chi connectivity index (χ0n) is 8.69.